The molecule has 1 aliphatic heterocycles. The largest absolute Gasteiger partial charge is 0.353 e. The van der Waals surface area contributed by atoms with Crippen molar-refractivity contribution in [3.05, 3.63) is 54.4 Å². The molecule has 2 heterocycles. The summed E-state index contributed by atoms with van der Waals surface area (Å²) in [4.78, 5) is 29.3. The lowest BCUT2D eigenvalue weighted by molar-refractivity contribution is -0.138. The molecular formula is C22H31N5O2. The highest BCUT2D eigenvalue weighted by Gasteiger charge is 2.32. The summed E-state index contributed by atoms with van der Waals surface area (Å²) < 4.78 is 1.82. The van der Waals surface area contributed by atoms with E-state index in [-0.39, 0.29) is 24.3 Å². The van der Waals surface area contributed by atoms with Gasteiger partial charge >= 0.3 is 0 Å². The number of carbonyl (C=O) groups is 2. The lowest BCUT2D eigenvalue weighted by Crippen LogP contribution is -2.57. The molecule has 0 radical (unpaired) electrons. The van der Waals surface area contributed by atoms with Gasteiger partial charge in [0, 0.05) is 38.6 Å². The Bertz CT molecular complexity index is 763. The van der Waals surface area contributed by atoms with Gasteiger partial charge in [-0.1, -0.05) is 30.3 Å². The molecule has 1 saturated heterocycles. The summed E-state index contributed by atoms with van der Waals surface area (Å²) in [5, 5.41) is 7.11. The zero-order valence-electron chi connectivity index (χ0n) is 17.2. The SMILES string of the molecule is CCN(CCn1cccn1)C(=O)CC1C(=O)NCCN1CCCc1ccccc1. The number of amides is 2. The summed E-state index contributed by atoms with van der Waals surface area (Å²) in [6.07, 6.45) is 5.80. The molecule has 1 fully saturated rings. The van der Waals surface area contributed by atoms with Crippen LogP contribution in [0.5, 0.6) is 0 Å². The first kappa shape index (κ1) is 21.0. The van der Waals surface area contributed by atoms with Crippen molar-refractivity contribution in [3.8, 4) is 0 Å². The first-order valence-electron chi connectivity index (χ1n) is 10.5. The van der Waals surface area contributed by atoms with Crippen molar-refractivity contribution >= 4 is 11.8 Å². The maximum absolute atomic E-state index is 12.9. The zero-order valence-corrected chi connectivity index (χ0v) is 17.2. The Kier molecular flexibility index (Phi) is 7.81. The van der Waals surface area contributed by atoms with Gasteiger partial charge in [0.25, 0.3) is 0 Å². The fraction of sp³-hybridized carbons (Fsp3) is 0.500. The summed E-state index contributed by atoms with van der Waals surface area (Å²) in [5.74, 6) is -0.0118. The number of rotatable bonds is 10. The molecule has 1 aromatic carbocycles. The summed E-state index contributed by atoms with van der Waals surface area (Å²) >= 11 is 0. The van der Waals surface area contributed by atoms with E-state index in [1.807, 2.05) is 47.0 Å². The van der Waals surface area contributed by atoms with Crippen molar-refractivity contribution in [2.24, 2.45) is 0 Å². The van der Waals surface area contributed by atoms with Crippen LogP contribution in [0.2, 0.25) is 0 Å². The van der Waals surface area contributed by atoms with E-state index in [0.717, 1.165) is 25.9 Å². The van der Waals surface area contributed by atoms with Crippen LogP contribution >= 0.6 is 0 Å². The summed E-state index contributed by atoms with van der Waals surface area (Å²) in [6.45, 7) is 6.11. The van der Waals surface area contributed by atoms with Crippen LogP contribution in [0, 0.1) is 0 Å². The molecule has 29 heavy (non-hydrogen) atoms. The van der Waals surface area contributed by atoms with Crippen molar-refractivity contribution < 1.29 is 9.59 Å². The molecule has 2 aromatic rings. The van der Waals surface area contributed by atoms with Crippen LogP contribution in [0.3, 0.4) is 0 Å². The Balaban J connectivity index is 1.53. The van der Waals surface area contributed by atoms with Crippen LogP contribution in [0.15, 0.2) is 48.8 Å². The van der Waals surface area contributed by atoms with Crippen LogP contribution in [-0.2, 0) is 22.6 Å². The van der Waals surface area contributed by atoms with E-state index in [4.69, 9.17) is 0 Å². The van der Waals surface area contributed by atoms with Gasteiger partial charge in [0.1, 0.15) is 0 Å². The third-order valence-electron chi connectivity index (χ3n) is 5.46. The maximum Gasteiger partial charge on any atom is 0.237 e. The van der Waals surface area contributed by atoms with Crippen LogP contribution < -0.4 is 5.32 Å². The number of hydrogen-bond acceptors (Lipinski definition) is 4. The molecule has 0 aliphatic carbocycles. The van der Waals surface area contributed by atoms with Crippen molar-refractivity contribution in [2.45, 2.75) is 38.8 Å². The predicted molar refractivity (Wildman–Crippen MR) is 112 cm³/mol. The topological polar surface area (TPSA) is 70.5 Å². The molecule has 1 unspecified atom stereocenters. The second-order valence-corrected chi connectivity index (χ2v) is 7.38. The second kappa shape index (κ2) is 10.8. The Morgan fingerprint density at radius 3 is 2.79 bits per heavy atom. The first-order valence-corrected chi connectivity index (χ1v) is 10.5. The molecule has 1 aliphatic rings. The van der Waals surface area contributed by atoms with Gasteiger partial charge in [-0.15, -0.1) is 0 Å². The van der Waals surface area contributed by atoms with Crippen LogP contribution in [0.4, 0.5) is 0 Å². The molecule has 7 nitrogen and oxygen atoms in total. The number of hydrogen-bond donors (Lipinski definition) is 1. The number of aryl methyl sites for hydroxylation is 1. The number of piperazine rings is 1. The molecule has 0 saturated carbocycles. The lowest BCUT2D eigenvalue weighted by atomic mass is 10.1. The molecule has 3 rings (SSSR count). The average molecular weight is 398 g/mol. The van der Waals surface area contributed by atoms with E-state index in [2.05, 4.69) is 27.4 Å². The van der Waals surface area contributed by atoms with Crippen molar-refractivity contribution in [1.29, 1.82) is 0 Å². The monoisotopic (exact) mass is 397 g/mol. The van der Waals surface area contributed by atoms with Gasteiger partial charge < -0.3 is 10.2 Å². The fourth-order valence-corrected chi connectivity index (χ4v) is 3.79. The average Bonchev–Trinajstić information content (AvgIpc) is 3.25. The van der Waals surface area contributed by atoms with Crippen LogP contribution in [0.25, 0.3) is 0 Å². The third-order valence-corrected chi connectivity index (χ3v) is 5.46. The summed E-state index contributed by atoms with van der Waals surface area (Å²) in [7, 11) is 0. The van der Waals surface area contributed by atoms with Crippen LogP contribution in [0.1, 0.15) is 25.3 Å². The van der Waals surface area contributed by atoms with Gasteiger partial charge in [0.05, 0.1) is 19.0 Å². The number of aromatic nitrogens is 2. The first-order chi connectivity index (χ1) is 14.2. The Hall–Kier alpha value is -2.67. The fourth-order valence-electron chi connectivity index (χ4n) is 3.79. The summed E-state index contributed by atoms with van der Waals surface area (Å²) in [5.41, 5.74) is 1.30. The van der Waals surface area contributed by atoms with Gasteiger partial charge in [0.15, 0.2) is 0 Å². The standard InChI is InChI=1S/C22H31N5O2/c1-2-25(16-17-27-14-7-11-24-27)21(28)18-20-22(29)23-12-15-26(20)13-6-10-19-8-4-3-5-9-19/h3-5,7-9,11,14,20H,2,6,10,12-13,15-18H2,1H3,(H,23,29). The maximum atomic E-state index is 12.9. The van der Waals surface area contributed by atoms with Crippen molar-refractivity contribution in [1.82, 2.24) is 24.9 Å². The van der Waals surface area contributed by atoms with E-state index in [1.165, 1.54) is 5.56 Å². The Morgan fingerprint density at radius 1 is 1.24 bits per heavy atom. The normalized spacial score (nSPS) is 17.1. The second-order valence-electron chi connectivity index (χ2n) is 7.38. The minimum Gasteiger partial charge on any atom is -0.353 e. The predicted octanol–water partition coefficient (Wildman–Crippen LogP) is 1.55. The van der Waals surface area contributed by atoms with E-state index >= 15 is 0 Å². The summed E-state index contributed by atoms with van der Waals surface area (Å²) in [6, 6.07) is 11.9. The molecule has 7 heteroatoms. The minimum absolute atomic E-state index is 0.0229. The van der Waals surface area contributed by atoms with E-state index in [0.29, 0.717) is 26.2 Å². The third kappa shape index (κ3) is 6.15. The highest BCUT2D eigenvalue weighted by molar-refractivity contribution is 5.88. The molecule has 1 atom stereocenters. The number of nitrogens with zero attached hydrogens (tertiary/aromatic N) is 4. The van der Waals surface area contributed by atoms with Gasteiger partial charge in [-0.2, -0.15) is 5.10 Å². The highest BCUT2D eigenvalue weighted by atomic mass is 16.2. The number of benzene rings is 1. The molecule has 1 aromatic heterocycles. The Morgan fingerprint density at radius 2 is 2.07 bits per heavy atom. The zero-order chi connectivity index (χ0) is 20.5. The van der Waals surface area contributed by atoms with Crippen molar-refractivity contribution in [3.63, 3.8) is 0 Å². The highest BCUT2D eigenvalue weighted by Crippen LogP contribution is 2.13. The molecule has 0 bridgehead atoms. The quantitative estimate of drug-likeness (QED) is 0.660. The van der Waals surface area contributed by atoms with Crippen molar-refractivity contribution in [2.75, 3.05) is 32.7 Å². The van der Waals surface area contributed by atoms with Gasteiger partial charge in [-0.25, -0.2) is 0 Å². The van der Waals surface area contributed by atoms with E-state index in [1.54, 1.807) is 6.20 Å². The lowest BCUT2D eigenvalue weighted by Gasteiger charge is -2.35. The molecule has 1 N–H and O–H groups in total. The minimum atomic E-state index is -0.384. The molecule has 0 spiro atoms. The van der Waals surface area contributed by atoms with Gasteiger partial charge in [-0.05, 0) is 37.9 Å². The number of likely N-dealkylation sites (N-methyl/N-ethyl adjacent to an activating group) is 1. The number of nitrogens with one attached hydrogen (secondary N) is 1. The molecule has 156 valence electrons. The van der Waals surface area contributed by atoms with E-state index in [9.17, 15) is 9.59 Å². The smallest absolute Gasteiger partial charge is 0.237 e. The van der Waals surface area contributed by atoms with Gasteiger partial charge in [0.2, 0.25) is 11.8 Å². The van der Waals surface area contributed by atoms with E-state index < -0.39 is 0 Å². The molecule has 2 amide bonds. The van der Waals surface area contributed by atoms with Gasteiger partial charge in [-0.3, -0.25) is 19.2 Å². The Labute approximate surface area is 172 Å². The number of carbonyl (C=O) groups excluding carboxylic acids is 2. The molecular weight excluding hydrogens is 366 g/mol. The van der Waals surface area contributed by atoms with Crippen LogP contribution in [-0.4, -0.2) is 70.2 Å².